The average Bonchev–Trinajstić information content (AvgIpc) is 2.95. The summed E-state index contributed by atoms with van der Waals surface area (Å²) < 4.78 is 31.7. The van der Waals surface area contributed by atoms with Gasteiger partial charge in [-0.3, -0.25) is 4.79 Å². The number of ether oxygens (including phenoxy) is 3. The molecule has 0 spiro atoms. The third-order valence-electron chi connectivity index (χ3n) is 8.17. The Balaban J connectivity index is 1.86. The van der Waals surface area contributed by atoms with Gasteiger partial charge in [0, 0.05) is 37.6 Å². The first kappa shape index (κ1) is 34.3. The van der Waals surface area contributed by atoms with Crippen molar-refractivity contribution in [2.75, 3.05) is 32.8 Å². The summed E-state index contributed by atoms with van der Waals surface area (Å²) in [4.78, 5) is 12.7. The summed E-state index contributed by atoms with van der Waals surface area (Å²) >= 11 is 0. The van der Waals surface area contributed by atoms with Gasteiger partial charge in [0.15, 0.2) is 12.4 Å². The molecule has 2 aliphatic heterocycles. The summed E-state index contributed by atoms with van der Waals surface area (Å²) in [5.74, 6) is -1.95. The second-order valence-corrected chi connectivity index (χ2v) is 11.1. The van der Waals surface area contributed by atoms with Crippen LogP contribution in [0.4, 0.5) is 4.39 Å². The smallest absolute Gasteiger partial charge is 0.252 e. The zero-order valence-electron chi connectivity index (χ0n) is 22.8. The van der Waals surface area contributed by atoms with Crippen LogP contribution in [0.2, 0.25) is 0 Å². The summed E-state index contributed by atoms with van der Waals surface area (Å²) in [6.07, 6.45) is -12.7. The number of hydrogen-bond donors (Lipinski definition) is 12. The van der Waals surface area contributed by atoms with Crippen LogP contribution in [-0.2, 0) is 19.0 Å². The fourth-order valence-electron chi connectivity index (χ4n) is 5.80. The summed E-state index contributed by atoms with van der Waals surface area (Å²) in [5, 5.41) is 66.7. The largest absolute Gasteiger partial charge is 0.395 e. The van der Waals surface area contributed by atoms with Crippen LogP contribution in [0.3, 0.4) is 0 Å². The van der Waals surface area contributed by atoms with Gasteiger partial charge in [0.25, 0.3) is 5.91 Å². The topological polar surface area (TPSA) is 294 Å². The zero-order chi connectivity index (χ0) is 30.4. The van der Waals surface area contributed by atoms with Crippen molar-refractivity contribution in [3.05, 3.63) is 0 Å². The summed E-state index contributed by atoms with van der Waals surface area (Å²) in [6, 6.07) is -3.72. The molecule has 3 rings (SSSR count). The molecule has 0 aromatic rings. The van der Waals surface area contributed by atoms with Gasteiger partial charge in [0.2, 0.25) is 0 Å². The van der Waals surface area contributed by atoms with Crippen molar-refractivity contribution in [1.29, 1.82) is 0 Å². The van der Waals surface area contributed by atoms with Gasteiger partial charge in [-0.15, -0.1) is 0 Å². The van der Waals surface area contributed by atoms with Gasteiger partial charge >= 0.3 is 0 Å². The number of nitrogens with one attached hydrogen (secondary N) is 2. The van der Waals surface area contributed by atoms with Crippen LogP contribution in [0.5, 0.6) is 0 Å². The molecule has 3 fully saturated rings. The van der Waals surface area contributed by atoms with Crippen LogP contribution in [0.1, 0.15) is 19.3 Å². The fourth-order valence-corrected chi connectivity index (χ4v) is 5.80. The van der Waals surface area contributed by atoms with Crippen LogP contribution in [-0.4, -0.2) is 155 Å². The van der Waals surface area contributed by atoms with Crippen molar-refractivity contribution in [2.45, 2.75) is 105 Å². The van der Waals surface area contributed by atoms with E-state index in [2.05, 4.69) is 10.6 Å². The van der Waals surface area contributed by atoms with E-state index in [1.807, 2.05) is 0 Å². The predicted molar refractivity (Wildman–Crippen MR) is 140 cm³/mol. The molecule has 0 aromatic carbocycles. The number of aliphatic hydroxyl groups is 6. The third kappa shape index (κ3) is 8.07. The van der Waals surface area contributed by atoms with E-state index in [9.17, 15) is 34.7 Å². The van der Waals surface area contributed by atoms with Gasteiger partial charge < -0.3 is 78.4 Å². The van der Waals surface area contributed by atoms with Crippen LogP contribution in [0, 0.1) is 5.92 Å². The molecule has 1 saturated carbocycles. The lowest BCUT2D eigenvalue weighted by Crippen LogP contribution is -2.69. The summed E-state index contributed by atoms with van der Waals surface area (Å²) in [7, 11) is 0. The second kappa shape index (κ2) is 15.5. The highest BCUT2D eigenvalue weighted by Crippen LogP contribution is 2.36. The lowest BCUT2D eigenvalue weighted by molar-refractivity contribution is -0.306. The molecule has 3 aliphatic rings. The summed E-state index contributed by atoms with van der Waals surface area (Å²) in [6.45, 7) is -0.523. The highest BCUT2D eigenvalue weighted by atomic mass is 19.1. The molecule has 16 N–H and O–H groups in total. The molecule has 0 radical (unpaired) electrons. The third-order valence-corrected chi connectivity index (χ3v) is 8.17. The van der Waals surface area contributed by atoms with Crippen molar-refractivity contribution in [1.82, 2.24) is 10.6 Å². The zero-order valence-corrected chi connectivity index (χ0v) is 22.8. The molecule has 1 amide bonds. The van der Waals surface area contributed by atoms with Crippen molar-refractivity contribution >= 4 is 5.91 Å². The predicted octanol–water partition coefficient (Wildman–Crippen LogP) is -6.55. The minimum absolute atomic E-state index is 0.0363. The van der Waals surface area contributed by atoms with E-state index in [-0.39, 0.29) is 19.1 Å². The van der Waals surface area contributed by atoms with Crippen molar-refractivity contribution in [3.63, 3.8) is 0 Å². The van der Waals surface area contributed by atoms with Crippen LogP contribution >= 0.6 is 0 Å². The molecular weight excluding hydrogens is 551 g/mol. The molecule has 41 heavy (non-hydrogen) atoms. The number of nitrogens with two attached hydrogens (primary N) is 4. The van der Waals surface area contributed by atoms with E-state index in [1.165, 1.54) is 0 Å². The Kier molecular flexibility index (Phi) is 13.0. The van der Waals surface area contributed by atoms with Crippen LogP contribution in [0.15, 0.2) is 0 Å². The molecule has 0 aromatic heterocycles. The van der Waals surface area contributed by atoms with Gasteiger partial charge in [0.1, 0.15) is 30.6 Å². The monoisotopic (exact) mass is 598 g/mol. The number of carbonyl (C=O) groups is 1. The molecule has 16 nitrogen and oxygen atoms in total. The average molecular weight is 599 g/mol. The minimum atomic E-state index is -2.10. The number of amides is 1. The molecule has 15 atom stereocenters. The molecule has 17 heteroatoms. The molecule has 2 saturated heterocycles. The highest BCUT2D eigenvalue weighted by Gasteiger charge is 2.53. The standard InChI is InChI=1S/C24H47FN6O10/c25-10(6-26)17(34)23(38)31-13-5-12(28)15(21-11(27)2-1-9(39-21)7-30-3-4-32)19(36)22(13)41-24-20(37)16(29)18(35)14(8-33)40-24/h9-22,24,30,32-37H,1-8,26-29H2,(H,31,38)/t9-,10?,11+,12-,13+,14+,15?,16-,17?,18+,19-,20+,21-,22-,24+/m0/s1. The number of hydrogen-bond acceptors (Lipinski definition) is 15. The Bertz CT molecular complexity index is 823. The molecule has 240 valence electrons. The maximum absolute atomic E-state index is 14.0. The molecule has 2 heterocycles. The first-order valence-corrected chi connectivity index (χ1v) is 14.0. The van der Waals surface area contributed by atoms with Crippen molar-refractivity contribution in [3.8, 4) is 0 Å². The number of carbonyl (C=O) groups excluding carboxylic acids is 1. The Morgan fingerprint density at radius 1 is 1.05 bits per heavy atom. The van der Waals surface area contributed by atoms with E-state index in [0.717, 1.165) is 0 Å². The molecule has 3 unspecified atom stereocenters. The van der Waals surface area contributed by atoms with E-state index >= 15 is 0 Å². The van der Waals surface area contributed by atoms with Crippen LogP contribution < -0.4 is 33.6 Å². The summed E-state index contributed by atoms with van der Waals surface area (Å²) in [5.41, 5.74) is 24.0. The van der Waals surface area contributed by atoms with E-state index in [4.69, 9.17) is 42.3 Å². The van der Waals surface area contributed by atoms with Gasteiger partial charge in [-0.2, -0.15) is 0 Å². The maximum Gasteiger partial charge on any atom is 0.252 e. The fraction of sp³-hybridized carbons (Fsp3) is 0.958. The maximum atomic E-state index is 14.0. The Labute approximate surface area is 237 Å². The second-order valence-electron chi connectivity index (χ2n) is 11.1. The lowest BCUT2D eigenvalue weighted by Gasteiger charge is -2.51. The normalized spacial score (nSPS) is 43.3. The first-order valence-electron chi connectivity index (χ1n) is 14.0. The van der Waals surface area contributed by atoms with E-state index in [1.54, 1.807) is 0 Å². The number of rotatable bonds is 12. The van der Waals surface area contributed by atoms with Crippen LogP contribution in [0.25, 0.3) is 0 Å². The molecular formula is C24H47FN6O10. The number of halogens is 1. The lowest BCUT2D eigenvalue weighted by atomic mass is 9.72. The Morgan fingerprint density at radius 3 is 2.39 bits per heavy atom. The Morgan fingerprint density at radius 2 is 1.76 bits per heavy atom. The van der Waals surface area contributed by atoms with Gasteiger partial charge in [-0.05, 0) is 19.3 Å². The van der Waals surface area contributed by atoms with E-state index in [0.29, 0.717) is 25.9 Å². The number of alkyl halides is 1. The van der Waals surface area contributed by atoms with Gasteiger partial charge in [-0.1, -0.05) is 0 Å². The first-order chi connectivity index (χ1) is 19.4. The van der Waals surface area contributed by atoms with Crippen molar-refractivity contribution in [2.24, 2.45) is 28.9 Å². The SMILES string of the molecule is NCC(F)C(O)C(=O)N[C@@H]1C[C@H](N)C([C@H]2O[C@H](CNCCO)CC[C@H]2N)[C@H](O)[C@H]1O[C@H]1O[C@H](CO)[C@@H](O)[C@H](N)[C@H]1O. The minimum Gasteiger partial charge on any atom is -0.395 e. The Hall–Kier alpha value is -1.16. The van der Waals surface area contributed by atoms with Gasteiger partial charge in [0.05, 0.1) is 43.6 Å². The molecule has 0 bridgehead atoms. The van der Waals surface area contributed by atoms with Crippen molar-refractivity contribution < 1.29 is 54.0 Å². The van der Waals surface area contributed by atoms with E-state index < -0.39 is 104 Å². The highest BCUT2D eigenvalue weighted by molar-refractivity contribution is 5.81. The van der Waals surface area contributed by atoms with Gasteiger partial charge in [-0.25, -0.2) is 4.39 Å². The number of aliphatic hydroxyl groups excluding tert-OH is 6. The quantitative estimate of drug-likeness (QED) is 0.0930. The molecule has 1 aliphatic carbocycles.